The third kappa shape index (κ3) is 2.84. The summed E-state index contributed by atoms with van der Waals surface area (Å²) in [5, 5.41) is 0. The van der Waals surface area contributed by atoms with E-state index in [9.17, 15) is 4.39 Å². The van der Waals surface area contributed by atoms with Gasteiger partial charge in [0.15, 0.2) is 5.82 Å². The van der Waals surface area contributed by atoms with Gasteiger partial charge >= 0.3 is 0 Å². The molecule has 0 atom stereocenters. The highest BCUT2D eigenvalue weighted by molar-refractivity contribution is 9.10. The molecule has 3 heterocycles. The number of rotatable bonds is 2. The zero-order valence-corrected chi connectivity index (χ0v) is 12.2. The van der Waals surface area contributed by atoms with Crippen LogP contribution in [0.4, 0.5) is 16.3 Å². The van der Waals surface area contributed by atoms with Gasteiger partial charge in [0.1, 0.15) is 0 Å². The molecule has 1 aliphatic heterocycles. The average molecular weight is 339 g/mol. The minimum atomic E-state index is -0.421. The van der Waals surface area contributed by atoms with Gasteiger partial charge in [-0.05, 0) is 15.9 Å². The number of anilines is 2. The van der Waals surface area contributed by atoms with E-state index in [0.29, 0.717) is 11.9 Å². The van der Waals surface area contributed by atoms with E-state index in [1.165, 1.54) is 12.4 Å². The Morgan fingerprint density at radius 1 is 0.800 bits per heavy atom. The molecule has 0 aromatic carbocycles. The lowest BCUT2D eigenvalue weighted by Gasteiger charge is -2.34. The highest BCUT2D eigenvalue weighted by Gasteiger charge is 2.20. The molecule has 1 saturated heterocycles. The summed E-state index contributed by atoms with van der Waals surface area (Å²) in [5.41, 5.74) is 0. The number of piperazine rings is 1. The summed E-state index contributed by atoms with van der Waals surface area (Å²) < 4.78 is 13.7. The molecular weight excluding hydrogens is 327 g/mol. The van der Waals surface area contributed by atoms with Crippen LogP contribution in [0.3, 0.4) is 0 Å². The fourth-order valence-electron chi connectivity index (χ4n) is 2.04. The van der Waals surface area contributed by atoms with E-state index in [4.69, 9.17) is 0 Å². The second-order valence-corrected chi connectivity index (χ2v) is 5.29. The van der Waals surface area contributed by atoms with Crippen LogP contribution in [0.25, 0.3) is 0 Å². The third-order valence-electron chi connectivity index (χ3n) is 3.06. The highest BCUT2D eigenvalue weighted by Crippen LogP contribution is 2.15. The van der Waals surface area contributed by atoms with E-state index in [1.807, 2.05) is 4.90 Å². The molecule has 0 saturated carbocycles. The fraction of sp³-hybridized carbons (Fsp3) is 0.333. The van der Waals surface area contributed by atoms with E-state index in [2.05, 4.69) is 40.8 Å². The van der Waals surface area contributed by atoms with Crippen molar-refractivity contribution in [2.24, 2.45) is 0 Å². The summed E-state index contributed by atoms with van der Waals surface area (Å²) in [6.45, 7) is 3.07. The lowest BCUT2D eigenvalue weighted by Crippen LogP contribution is -2.47. The average Bonchev–Trinajstić information content (AvgIpc) is 2.49. The summed E-state index contributed by atoms with van der Waals surface area (Å²) in [4.78, 5) is 20.7. The molecule has 0 spiro atoms. The first kappa shape index (κ1) is 13.2. The van der Waals surface area contributed by atoms with Crippen molar-refractivity contribution in [1.29, 1.82) is 0 Å². The quantitative estimate of drug-likeness (QED) is 0.826. The van der Waals surface area contributed by atoms with E-state index < -0.39 is 5.82 Å². The van der Waals surface area contributed by atoms with Crippen molar-refractivity contribution in [2.45, 2.75) is 0 Å². The van der Waals surface area contributed by atoms with Gasteiger partial charge in [-0.15, -0.1) is 0 Å². The molecule has 0 unspecified atom stereocenters. The first-order chi connectivity index (χ1) is 9.72. The van der Waals surface area contributed by atoms with E-state index in [0.717, 1.165) is 30.7 Å². The minimum absolute atomic E-state index is 0.421. The van der Waals surface area contributed by atoms with E-state index in [-0.39, 0.29) is 0 Å². The van der Waals surface area contributed by atoms with E-state index in [1.54, 1.807) is 12.4 Å². The summed E-state index contributed by atoms with van der Waals surface area (Å²) in [6, 6.07) is 0. The fourth-order valence-corrected chi connectivity index (χ4v) is 2.25. The molecule has 0 bridgehead atoms. The van der Waals surface area contributed by atoms with Crippen LogP contribution in [0.5, 0.6) is 0 Å². The molecule has 0 amide bonds. The van der Waals surface area contributed by atoms with E-state index >= 15 is 0 Å². The monoisotopic (exact) mass is 338 g/mol. The zero-order chi connectivity index (χ0) is 13.9. The predicted molar refractivity (Wildman–Crippen MR) is 76.1 cm³/mol. The van der Waals surface area contributed by atoms with Gasteiger partial charge in [0.05, 0.1) is 16.9 Å². The first-order valence-electron chi connectivity index (χ1n) is 6.17. The lowest BCUT2D eigenvalue weighted by molar-refractivity contribution is 0.600. The van der Waals surface area contributed by atoms with Crippen LogP contribution in [0, 0.1) is 5.82 Å². The molecule has 3 rings (SSSR count). The minimum Gasteiger partial charge on any atom is -0.337 e. The van der Waals surface area contributed by atoms with Crippen molar-refractivity contribution in [2.75, 3.05) is 36.0 Å². The topological polar surface area (TPSA) is 58.0 Å². The van der Waals surface area contributed by atoms with Crippen LogP contribution < -0.4 is 9.80 Å². The Morgan fingerprint density at radius 3 is 1.65 bits per heavy atom. The Kier molecular flexibility index (Phi) is 3.72. The predicted octanol–water partition coefficient (Wildman–Crippen LogP) is 1.49. The molecule has 8 heteroatoms. The Balaban J connectivity index is 1.64. The molecule has 2 aromatic rings. The SMILES string of the molecule is Fc1cnc(N2CCN(c3ncc(Br)cn3)CC2)nc1. The summed E-state index contributed by atoms with van der Waals surface area (Å²) in [5.74, 6) is 0.853. The van der Waals surface area contributed by atoms with Crippen LogP contribution in [-0.4, -0.2) is 46.1 Å². The maximum Gasteiger partial charge on any atom is 0.225 e. The molecular formula is C12H12BrFN6. The molecule has 1 aliphatic rings. The zero-order valence-electron chi connectivity index (χ0n) is 10.6. The van der Waals surface area contributed by atoms with Gasteiger partial charge in [-0.25, -0.2) is 24.3 Å². The molecule has 6 nitrogen and oxygen atoms in total. The second kappa shape index (κ2) is 5.66. The van der Waals surface area contributed by atoms with Crippen LogP contribution in [-0.2, 0) is 0 Å². The van der Waals surface area contributed by atoms with Crippen LogP contribution in [0.2, 0.25) is 0 Å². The van der Waals surface area contributed by atoms with Gasteiger partial charge in [0.25, 0.3) is 0 Å². The van der Waals surface area contributed by atoms with Gasteiger partial charge < -0.3 is 9.80 Å². The van der Waals surface area contributed by atoms with Crippen LogP contribution in [0.1, 0.15) is 0 Å². The van der Waals surface area contributed by atoms with Crippen molar-refractivity contribution in [3.8, 4) is 0 Å². The number of nitrogens with zero attached hydrogens (tertiary/aromatic N) is 6. The van der Waals surface area contributed by atoms with Crippen molar-refractivity contribution in [3.05, 3.63) is 35.1 Å². The van der Waals surface area contributed by atoms with Gasteiger partial charge in [-0.3, -0.25) is 0 Å². The van der Waals surface area contributed by atoms with Gasteiger partial charge in [-0.2, -0.15) is 0 Å². The maximum absolute atomic E-state index is 12.8. The standard InChI is InChI=1S/C12H12BrFN6/c13-9-5-15-11(16-6-9)19-1-3-20(4-2-19)12-17-7-10(14)8-18-12/h5-8H,1-4H2. The first-order valence-corrected chi connectivity index (χ1v) is 6.97. The molecule has 0 aliphatic carbocycles. The molecule has 2 aromatic heterocycles. The summed E-state index contributed by atoms with van der Waals surface area (Å²) >= 11 is 3.32. The Labute approximate surface area is 123 Å². The maximum atomic E-state index is 12.8. The normalized spacial score (nSPS) is 15.5. The van der Waals surface area contributed by atoms with Gasteiger partial charge in [0, 0.05) is 38.6 Å². The van der Waals surface area contributed by atoms with Crippen LogP contribution >= 0.6 is 15.9 Å². The van der Waals surface area contributed by atoms with Crippen LogP contribution in [0.15, 0.2) is 29.3 Å². The molecule has 104 valence electrons. The molecule has 0 N–H and O–H groups in total. The van der Waals surface area contributed by atoms with Crippen molar-refractivity contribution in [1.82, 2.24) is 19.9 Å². The lowest BCUT2D eigenvalue weighted by atomic mass is 10.3. The Bertz CT molecular complexity index is 514. The van der Waals surface area contributed by atoms with Crippen molar-refractivity contribution in [3.63, 3.8) is 0 Å². The van der Waals surface area contributed by atoms with Crippen molar-refractivity contribution < 1.29 is 4.39 Å². The van der Waals surface area contributed by atoms with Crippen molar-refractivity contribution >= 4 is 27.8 Å². The number of halogens is 2. The Morgan fingerprint density at radius 2 is 1.20 bits per heavy atom. The van der Waals surface area contributed by atoms with Gasteiger partial charge in [0.2, 0.25) is 11.9 Å². The van der Waals surface area contributed by atoms with Gasteiger partial charge in [-0.1, -0.05) is 0 Å². The molecule has 0 radical (unpaired) electrons. The second-order valence-electron chi connectivity index (χ2n) is 4.38. The number of hydrogen-bond donors (Lipinski definition) is 0. The summed E-state index contributed by atoms with van der Waals surface area (Å²) in [7, 11) is 0. The Hall–Kier alpha value is -1.83. The largest absolute Gasteiger partial charge is 0.337 e. The molecule has 20 heavy (non-hydrogen) atoms. The number of hydrogen-bond acceptors (Lipinski definition) is 6. The highest BCUT2D eigenvalue weighted by atomic mass is 79.9. The smallest absolute Gasteiger partial charge is 0.225 e. The molecule has 1 fully saturated rings. The number of aromatic nitrogens is 4. The summed E-state index contributed by atoms with van der Waals surface area (Å²) in [6.07, 6.45) is 5.84. The third-order valence-corrected chi connectivity index (χ3v) is 3.47.